The first-order valence-corrected chi connectivity index (χ1v) is 10.0. The molecule has 0 saturated carbocycles. The molecule has 3 rings (SSSR count). The van der Waals surface area contributed by atoms with Crippen molar-refractivity contribution in [1.29, 1.82) is 0 Å². The Hall–Kier alpha value is -2.81. The van der Waals surface area contributed by atoms with Gasteiger partial charge in [-0.3, -0.25) is 9.59 Å². The summed E-state index contributed by atoms with van der Waals surface area (Å²) in [6.45, 7) is 0.902. The van der Waals surface area contributed by atoms with Gasteiger partial charge < -0.3 is 15.1 Å². The molecule has 1 N–H and O–H groups in total. The average Bonchev–Trinajstić information content (AvgIpc) is 2.73. The highest BCUT2D eigenvalue weighted by molar-refractivity contribution is 6.33. The number of carbonyl (C=O) groups is 2. The SMILES string of the molecule is CN(C)C(=O)c1ccc(NC(=O)C2CCN(c3ncc(C(F)(F)F)cc3Cl)CC2)cc1. The van der Waals surface area contributed by atoms with Gasteiger partial charge in [-0.2, -0.15) is 13.2 Å². The van der Waals surface area contributed by atoms with Gasteiger partial charge in [0, 0.05) is 50.6 Å². The maximum atomic E-state index is 12.8. The number of hydrogen-bond donors (Lipinski definition) is 1. The van der Waals surface area contributed by atoms with E-state index in [4.69, 9.17) is 11.6 Å². The maximum absolute atomic E-state index is 12.8. The predicted molar refractivity (Wildman–Crippen MR) is 112 cm³/mol. The van der Waals surface area contributed by atoms with E-state index in [1.807, 2.05) is 0 Å². The quantitative estimate of drug-likeness (QED) is 0.747. The molecule has 0 aliphatic carbocycles. The van der Waals surface area contributed by atoms with Crippen LogP contribution in [0.25, 0.3) is 0 Å². The van der Waals surface area contributed by atoms with E-state index < -0.39 is 11.7 Å². The van der Waals surface area contributed by atoms with Gasteiger partial charge in [0.05, 0.1) is 10.6 Å². The summed E-state index contributed by atoms with van der Waals surface area (Å²) in [6, 6.07) is 7.52. The second-order valence-electron chi connectivity index (χ2n) is 7.55. The summed E-state index contributed by atoms with van der Waals surface area (Å²) < 4.78 is 38.3. The molecule has 0 bridgehead atoms. The fraction of sp³-hybridized carbons (Fsp3) is 0.381. The van der Waals surface area contributed by atoms with E-state index in [1.54, 1.807) is 43.3 Å². The lowest BCUT2D eigenvalue weighted by Gasteiger charge is -2.32. The van der Waals surface area contributed by atoms with Gasteiger partial charge in [-0.1, -0.05) is 11.6 Å². The Balaban J connectivity index is 1.57. The Morgan fingerprint density at radius 1 is 1.16 bits per heavy atom. The molecule has 31 heavy (non-hydrogen) atoms. The molecule has 166 valence electrons. The van der Waals surface area contributed by atoms with Crippen molar-refractivity contribution in [2.75, 3.05) is 37.4 Å². The van der Waals surface area contributed by atoms with Gasteiger partial charge in [0.1, 0.15) is 5.82 Å². The number of anilines is 2. The molecule has 1 saturated heterocycles. The Morgan fingerprint density at radius 3 is 2.29 bits per heavy atom. The Bertz CT molecular complexity index is 956. The van der Waals surface area contributed by atoms with Crippen LogP contribution < -0.4 is 10.2 Å². The first-order chi connectivity index (χ1) is 14.6. The van der Waals surface area contributed by atoms with E-state index in [-0.39, 0.29) is 28.6 Å². The number of hydrogen-bond acceptors (Lipinski definition) is 4. The van der Waals surface area contributed by atoms with Crippen molar-refractivity contribution in [3.8, 4) is 0 Å². The average molecular weight is 455 g/mol. The lowest BCUT2D eigenvalue weighted by Crippen LogP contribution is -2.38. The van der Waals surface area contributed by atoms with Crippen LogP contribution in [0.3, 0.4) is 0 Å². The molecular weight excluding hydrogens is 433 g/mol. The number of aromatic nitrogens is 1. The first-order valence-electron chi connectivity index (χ1n) is 9.66. The van der Waals surface area contributed by atoms with Crippen LogP contribution in [-0.2, 0) is 11.0 Å². The number of nitrogens with zero attached hydrogens (tertiary/aromatic N) is 3. The zero-order valence-corrected chi connectivity index (χ0v) is 17.8. The van der Waals surface area contributed by atoms with Gasteiger partial charge in [-0.25, -0.2) is 4.98 Å². The summed E-state index contributed by atoms with van der Waals surface area (Å²) in [6.07, 6.45) is -2.70. The Labute approximate surface area is 183 Å². The van der Waals surface area contributed by atoms with E-state index in [1.165, 1.54) is 4.90 Å². The molecule has 1 aromatic carbocycles. The summed E-state index contributed by atoms with van der Waals surface area (Å²) in [7, 11) is 3.33. The van der Waals surface area contributed by atoms with Crippen LogP contribution in [0.1, 0.15) is 28.8 Å². The monoisotopic (exact) mass is 454 g/mol. The lowest BCUT2D eigenvalue weighted by molar-refractivity contribution is -0.137. The van der Waals surface area contributed by atoms with Crippen molar-refractivity contribution < 1.29 is 22.8 Å². The van der Waals surface area contributed by atoms with E-state index in [9.17, 15) is 22.8 Å². The van der Waals surface area contributed by atoms with Gasteiger partial charge in [0.2, 0.25) is 5.91 Å². The summed E-state index contributed by atoms with van der Waals surface area (Å²) in [5.74, 6) is -0.221. The molecule has 1 fully saturated rings. The molecule has 2 amide bonds. The fourth-order valence-electron chi connectivity index (χ4n) is 3.37. The third-order valence-electron chi connectivity index (χ3n) is 5.12. The minimum Gasteiger partial charge on any atom is -0.355 e. The number of piperidine rings is 1. The van der Waals surface area contributed by atoms with Crippen molar-refractivity contribution in [3.63, 3.8) is 0 Å². The molecule has 0 unspecified atom stereocenters. The highest BCUT2D eigenvalue weighted by Crippen LogP contribution is 2.34. The summed E-state index contributed by atoms with van der Waals surface area (Å²) in [5, 5.41) is 2.78. The van der Waals surface area contributed by atoms with Crippen molar-refractivity contribution >= 4 is 34.9 Å². The zero-order chi connectivity index (χ0) is 22.8. The molecule has 1 aromatic heterocycles. The van der Waals surface area contributed by atoms with Gasteiger partial charge in [0.15, 0.2) is 0 Å². The van der Waals surface area contributed by atoms with Gasteiger partial charge >= 0.3 is 6.18 Å². The van der Waals surface area contributed by atoms with Crippen LogP contribution in [0.2, 0.25) is 5.02 Å². The molecule has 2 heterocycles. The minimum absolute atomic E-state index is 0.0647. The Kier molecular flexibility index (Phi) is 6.74. The smallest absolute Gasteiger partial charge is 0.355 e. The van der Waals surface area contributed by atoms with Crippen LogP contribution in [0.5, 0.6) is 0 Å². The zero-order valence-electron chi connectivity index (χ0n) is 17.0. The van der Waals surface area contributed by atoms with Crippen molar-refractivity contribution in [2.24, 2.45) is 5.92 Å². The van der Waals surface area contributed by atoms with E-state index in [0.717, 1.165) is 12.3 Å². The molecule has 2 aromatic rings. The van der Waals surface area contributed by atoms with Gasteiger partial charge in [0.25, 0.3) is 5.91 Å². The molecule has 10 heteroatoms. The van der Waals surface area contributed by atoms with Crippen LogP contribution >= 0.6 is 11.6 Å². The first kappa shape index (κ1) is 22.9. The van der Waals surface area contributed by atoms with Crippen LogP contribution in [0.15, 0.2) is 36.5 Å². The Morgan fingerprint density at radius 2 is 1.77 bits per heavy atom. The predicted octanol–water partition coefficient (Wildman–Crippen LogP) is 4.31. The van der Waals surface area contributed by atoms with Crippen LogP contribution in [0, 0.1) is 5.92 Å². The summed E-state index contributed by atoms with van der Waals surface area (Å²) in [4.78, 5) is 31.7. The molecule has 0 radical (unpaired) electrons. The molecule has 6 nitrogen and oxygen atoms in total. The number of pyridine rings is 1. The molecule has 1 aliphatic rings. The van der Waals surface area contributed by atoms with Gasteiger partial charge in [-0.05, 0) is 43.2 Å². The molecule has 0 atom stereocenters. The third-order valence-corrected chi connectivity index (χ3v) is 5.40. The molecule has 1 aliphatic heterocycles. The van der Waals surface area contributed by atoms with Crippen molar-refractivity contribution in [1.82, 2.24) is 9.88 Å². The van der Waals surface area contributed by atoms with Gasteiger partial charge in [-0.15, -0.1) is 0 Å². The summed E-state index contributed by atoms with van der Waals surface area (Å²) in [5.41, 5.74) is 0.223. The number of amides is 2. The second kappa shape index (κ2) is 9.13. The number of rotatable bonds is 4. The second-order valence-corrected chi connectivity index (χ2v) is 7.96. The standard InChI is InChI=1S/C21H22ClF3N4O2/c1-28(2)20(31)14-3-5-16(6-4-14)27-19(30)13-7-9-29(10-8-13)18-17(22)11-15(12-26-18)21(23,24)25/h3-6,11-13H,7-10H2,1-2H3,(H,27,30). The highest BCUT2D eigenvalue weighted by Gasteiger charge is 2.33. The number of carbonyl (C=O) groups excluding carboxylic acids is 2. The number of halogens is 4. The third kappa shape index (κ3) is 5.46. The lowest BCUT2D eigenvalue weighted by atomic mass is 9.95. The largest absolute Gasteiger partial charge is 0.417 e. The minimum atomic E-state index is -4.50. The number of benzene rings is 1. The van der Waals surface area contributed by atoms with Crippen molar-refractivity contribution in [2.45, 2.75) is 19.0 Å². The van der Waals surface area contributed by atoms with Crippen molar-refractivity contribution in [3.05, 3.63) is 52.7 Å². The normalized spacial score (nSPS) is 15.0. The molecule has 0 spiro atoms. The van der Waals surface area contributed by atoms with E-state index >= 15 is 0 Å². The molecular formula is C21H22ClF3N4O2. The highest BCUT2D eigenvalue weighted by atomic mass is 35.5. The topological polar surface area (TPSA) is 65.5 Å². The number of nitrogens with one attached hydrogen (secondary N) is 1. The maximum Gasteiger partial charge on any atom is 0.417 e. The summed E-state index contributed by atoms with van der Waals surface area (Å²) >= 11 is 6.02. The fourth-order valence-corrected chi connectivity index (χ4v) is 3.66. The van der Waals surface area contributed by atoms with E-state index in [2.05, 4.69) is 10.3 Å². The van der Waals surface area contributed by atoms with E-state index in [0.29, 0.717) is 37.2 Å². The van der Waals surface area contributed by atoms with Crippen LogP contribution in [0.4, 0.5) is 24.7 Å². The van der Waals surface area contributed by atoms with Crippen LogP contribution in [-0.4, -0.2) is 48.9 Å². The number of alkyl halides is 3.